The maximum Gasteiger partial charge on any atom is 0.274 e. The fourth-order valence-electron chi connectivity index (χ4n) is 9.30. The molecule has 1 saturated carbocycles. The first-order valence-corrected chi connectivity index (χ1v) is 20.3. The first-order valence-electron chi connectivity index (χ1n) is 20.3. The molecule has 1 aliphatic carbocycles. The van der Waals surface area contributed by atoms with E-state index in [0.29, 0.717) is 59.7 Å². The molecule has 0 spiro atoms. The van der Waals surface area contributed by atoms with Crippen LogP contribution in [0, 0.1) is 23.0 Å². The van der Waals surface area contributed by atoms with Crippen molar-refractivity contribution < 1.29 is 33.1 Å². The highest BCUT2D eigenvalue weighted by molar-refractivity contribution is 6.05. The number of piperidine rings is 1. The third-order valence-electron chi connectivity index (χ3n) is 12.6. The molecule has 9 rings (SSSR count). The predicted molar refractivity (Wildman–Crippen MR) is 215 cm³/mol. The molecule has 6 heterocycles. The number of nitrogens with one attached hydrogen (secondary N) is 2. The summed E-state index contributed by atoms with van der Waals surface area (Å²) in [7, 11) is 0. The number of hydrogen-bond acceptors (Lipinski definition) is 10. The number of aliphatic hydroxyl groups is 1. The van der Waals surface area contributed by atoms with Crippen molar-refractivity contribution in [1.29, 1.82) is 5.26 Å². The zero-order chi connectivity index (χ0) is 42.0. The number of carbonyl (C=O) groups is 4. The van der Waals surface area contributed by atoms with Gasteiger partial charge in [-0.15, -0.1) is 0 Å². The molecule has 5 aromatic rings. The van der Waals surface area contributed by atoms with E-state index in [1.165, 1.54) is 22.8 Å². The molecule has 1 atom stereocenters. The summed E-state index contributed by atoms with van der Waals surface area (Å²) in [5, 5.41) is 35.4. The van der Waals surface area contributed by atoms with Gasteiger partial charge in [0.05, 0.1) is 46.9 Å². The van der Waals surface area contributed by atoms with Gasteiger partial charge >= 0.3 is 0 Å². The Labute approximate surface area is 343 Å². The van der Waals surface area contributed by atoms with Crippen molar-refractivity contribution >= 4 is 51.4 Å². The molecule has 0 radical (unpaired) electrons. The van der Waals surface area contributed by atoms with Crippen LogP contribution < -0.4 is 15.5 Å². The lowest BCUT2D eigenvalue weighted by Crippen LogP contribution is -2.65. The van der Waals surface area contributed by atoms with Crippen molar-refractivity contribution in [1.82, 2.24) is 34.5 Å². The van der Waals surface area contributed by atoms with E-state index in [2.05, 4.69) is 20.6 Å². The predicted octanol–water partition coefficient (Wildman–Crippen LogP) is 4.35. The number of rotatable bonds is 8. The Balaban J connectivity index is 0.802. The van der Waals surface area contributed by atoms with E-state index in [-0.39, 0.29) is 54.7 Å². The number of nitrogens with zero attached hydrogens (tertiary/aromatic N) is 8. The van der Waals surface area contributed by atoms with Crippen molar-refractivity contribution in [3.8, 4) is 6.07 Å². The average Bonchev–Trinajstić information content (AvgIpc) is 3.81. The van der Waals surface area contributed by atoms with Gasteiger partial charge in [0.15, 0.2) is 0 Å². The quantitative estimate of drug-likeness (QED) is 0.191. The molecule has 4 aliphatic rings. The molecule has 15 nitrogen and oxygen atoms in total. The summed E-state index contributed by atoms with van der Waals surface area (Å²) in [6.45, 7) is 5.93. The van der Waals surface area contributed by atoms with Crippen LogP contribution in [0.3, 0.4) is 0 Å². The van der Waals surface area contributed by atoms with Gasteiger partial charge in [-0.1, -0.05) is 0 Å². The second-order valence-electron chi connectivity index (χ2n) is 16.9. The number of amides is 4. The minimum absolute atomic E-state index is 0.0280. The van der Waals surface area contributed by atoms with Crippen LogP contribution in [0.1, 0.15) is 91.5 Å². The highest BCUT2D eigenvalue weighted by Crippen LogP contribution is 2.37. The van der Waals surface area contributed by atoms with E-state index in [9.17, 15) is 29.5 Å². The van der Waals surface area contributed by atoms with Crippen LogP contribution in [0.25, 0.3) is 16.4 Å². The maximum atomic E-state index is 15.2. The van der Waals surface area contributed by atoms with Gasteiger partial charge in [-0.2, -0.15) is 15.5 Å². The summed E-state index contributed by atoms with van der Waals surface area (Å²) in [5.41, 5.74) is 1.69. The van der Waals surface area contributed by atoms with Gasteiger partial charge in [0, 0.05) is 78.8 Å². The van der Waals surface area contributed by atoms with Gasteiger partial charge in [-0.05, 0) is 88.4 Å². The molecule has 3 aromatic heterocycles. The molecule has 2 aromatic carbocycles. The van der Waals surface area contributed by atoms with E-state index >= 15 is 8.78 Å². The SMILES string of the molecule is CC(C)(O)c1cc2nn(C3CCC(N4CCN(C5CN(c6cc(F)c([C@H]7CCC(=O)NC7=O)c(F)c6)C5)CC4=O)CC3)cc2cc1NC(=O)c1ccc2cc(C#N)cnn12. The molecule has 0 unspecified atom stereocenters. The zero-order valence-electron chi connectivity index (χ0n) is 33.2. The van der Waals surface area contributed by atoms with Crippen molar-refractivity contribution in [2.45, 2.75) is 82.0 Å². The van der Waals surface area contributed by atoms with Crippen molar-refractivity contribution in [3.05, 3.63) is 88.9 Å². The van der Waals surface area contributed by atoms with Crippen LogP contribution in [0.4, 0.5) is 20.2 Å². The van der Waals surface area contributed by atoms with E-state index in [1.807, 2.05) is 32.8 Å². The van der Waals surface area contributed by atoms with Crippen LogP contribution in [0.2, 0.25) is 0 Å². The minimum Gasteiger partial charge on any atom is -0.386 e. The summed E-state index contributed by atoms with van der Waals surface area (Å²) < 4.78 is 33.7. The molecule has 310 valence electrons. The Hall–Kier alpha value is -6.25. The molecule has 3 saturated heterocycles. The molecule has 4 fully saturated rings. The Morgan fingerprint density at radius 2 is 1.70 bits per heavy atom. The largest absolute Gasteiger partial charge is 0.386 e. The number of fused-ring (bicyclic) bond motifs is 2. The standard InChI is InChI=1S/C43H44F2N10O5/c1-43(2,60)32-17-35-25(14-36(32)48-42(59)37-9-7-28-13-24(18-46)19-47-55(28)37)20-54(50-35)27-5-3-26(4-6-27)53-12-11-51(23-39(53)57)30-21-52(22-30)29-15-33(44)40(34(45)16-29)31-8-10-38(56)49-41(31)58/h7,9,13-17,19-20,26-27,30-31,60H,3-6,8,10-12,21-23H2,1-2H3,(H,48,59)(H,49,56,58)/t26?,27?,31-/m1/s1. The molecule has 4 amide bonds. The number of nitriles is 1. The second-order valence-corrected chi connectivity index (χ2v) is 16.9. The first kappa shape index (κ1) is 39.2. The summed E-state index contributed by atoms with van der Waals surface area (Å²) in [6.07, 6.45) is 6.73. The van der Waals surface area contributed by atoms with Gasteiger partial charge in [0.2, 0.25) is 17.7 Å². The monoisotopic (exact) mass is 818 g/mol. The Morgan fingerprint density at radius 3 is 2.38 bits per heavy atom. The molecule has 60 heavy (non-hydrogen) atoms. The number of carbonyl (C=O) groups excluding carboxylic acids is 4. The van der Waals surface area contributed by atoms with Gasteiger partial charge in [-0.25, -0.2) is 13.3 Å². The lowest BCUT2D eigenvalue weighted by Gasteiger charge is -2.50. The fourth-order valence-corrected chi connectivity index (χ4v) is 9.30. The van der Waals surface area contributed by atoms with Crippen molar-refractivity contribution in [3.63, 3.8) is 0 Å². The third kappa shape index (κ3) is 7.23. The minimum atomic E-state index is -1.29. The van der Waals surface area contributed by atoms with Gasteiger partial charge in [0.1, 0.15) is 23.4 Å². The molecule has 17 heteroatoms. The number of aromatic nitrogens is 4. The number of benzene rings is 2. The van der Waals surface area contributed by atoms with Gasteiger partial charge in [0.25, 0.3) is 5.91 Å². The van der Waals surface area contributed by atoms with Crippen LogP contribution in [0.5, 0.6) is 0 Å². The van der Waals surface area contributed by atoms with Crippen LogP contribution in [0.15, 0.2) is 54.9 Å². The third-order valence-corrected chi connectivity index (χ3v) is 12.6. The Morgan fingerprint density at radius 1 is 0.967 bits per heavy atom. The highest BCUT2D eigenvalue weighted by atomic mass is 19.1. The molecule has 3 N–H and O–H groups in total. The number of anilines is 2. The van der Waals surface area contributed by atoms with E-state index in [4.69, 9.17) is 5.10 Å². The number of piperazine rings is 1. The zero-order valence-corrected chi connectivity index (χ0v) is 33.2. The summed E-state index contributed by atoms with van der Waals surface area (Å²) in [5.74, 6) is -4.15. The van der Waals surface area contributed by atoms with Crippen molar-refractivity contribution in [2.75, 3.05) is 42.9 Å². The number of halogens is 2. The number of imide groups is 1. The average molecular weight is 819 g/mol. The van der Waals surface area contributed by atoms with Crippen LogP contribution in [-0.2, 0) is 20.0 Å². The van der Waals surface area contributed by atoms with Gasteiger partial charge in [-0.3, -0.25) is 34.1 Å². The van der Waals surface area contributed by atoms with Gasteiger partial charge < -0.3 is 20.2 Å². The van der Waals surface area contributed by atoms with E-state index < -0.39 is 40.9 Å². The smallest absolute Gasteiger partial charge is 0.274 e. The molecular weight excluding hydrogens is 775 g/mol. The van der Waals surface area contributed by atoms with Crippen molar-refractivity contribution in [2.24, 2.45) is 0 Å². The molecule has 3 aliphatic heterocycles. The summed E-state index contributed by atoms with van der Waals surface area (Å²) in [6, 6.07) is 13.5. The normalized spacial score (nSPS) is 21.9. The summed E-state index contributed by atoms with van der Waals surface area (Å²) in [4.78, 5) is 56.8. The lowest BCUT2D eigenvalue weighted by molar-refractivity contribution is -0.141. The van der Waals surface area contributed by atoms with Crippen LogP contribution >= 0.6 is 0 Å². The Bertz CT molecular complexity index is 2590. The van der Waals surface area contributed by atoms with E-state index in [0.717, 1.165) is 31.1 Å². The number of hydrogen-bond donors (Lipinski definition) is 3. The lowest BCUT2D eigenvalue weighted by atomic mass is 9.89. The van der Waals surface area contributed by atoms with Crippen LogP contribution in [-0.4, -0.2) is 103 Å². The fraction of sp³-hybridized carbons (Fsp3) is 0.419. The Kier molecular flexibility index (Phi) is 9.87. The molecule has 0 bridgehead atoms. The molecular formula is C43H44F2N10O5. The second kappa shape index (κ2) is 15.1. The summed E-state index contributed by atoms with van der Waals surface area (Å²) >= 11 is 0. The van der Waals surface area contributed by atoms with E-state index in [1.54, 1.807) is 38.1 Å². The topological polar surface area (TPSA) is 181 Å². The maximum absolute atomic E-state index is 15.2. The first-order chi connectivity index (χ1) is 28.7. The highest BCUT2D eigenvalue weighted by Gasteiger charge is 2.40.